The van der Waals surface area contributed by atoms with Gasteiger partial charge in [-0.25, -0.2) is 0 Å². The normalized spacial score (nSPS) is 11.4. The zero-order chi connectivity index (χ0) is 14.8. The highest BCUT2D eigenvalue weighted by Crippen LogP contribution is 2.16. The van der Waals surface area contributed by atoms with E-state index in [0.29, 0.717) is 5.56 Å². The number of carbonyl (C=O) groups is 1. The molecule has 0 aliphatic carbocycles. The van der Waals surface area contributed by atoms with Crippen LogP contribution < -0.4 is 5.32 Å². The van der Waals surface area contributed by atoms with Crippen molar-refractivity contribution in [1.29, 1.82) is 0 Å². The molecule has 3 nitrogen and oxygen atoms in total. The van der Waals surface area contributed by atoms with Gasteiger partial charge in [0.15, 0.2) is 0 Å². The lowest BCUT2D eigenvalue weighted by Gasteiger charge is -2.09. The molecule has 1 aromatic heterocycles. The molecule has 1 aromatic rings. The fourth-order valence-electron chi connectivity index (χ4n) is 2.26. The Morgan fingerprint density at radius 3 is 2.75 bits per heavy atom. The maximum Gasteiger partial charge on any atom is 0.252 e. The van der Waals surface area contributed by atoms with Gasteiger partial charge in [-0.15, -0.1) is 0 Å². The number of rotatable bonds is 8. The van der Waals surface area contributed by atoms with Gasteiger partial charge in [-0.2, -0.15) is 0 Å². The molecule has 0 fully saturated rings. The number of unbranched alkanes of at least 4 members (excludes halogenated alkanes) is 1. The summed E-state index contributed by atoms with van der Waals surface area (Å²) in [6.45, 7) is 4.40. The Labute approximate surface area is 122 Å². The number of carbonyl (C=O) groups excluding carboxylic acids is 1. The van der Waals surface area contributed by atoms with Crippen LogP contribution in [0.3, 0.4) is 0 Å². The predicted molar refractivity (Wildman–Crippen MR) is 83.8 cm³/mol. The van der Waals surface area contributed by atoms with Crippen LogP contribution in [0.2, 0.25) is 0 Å². The number of amides is 1. The van der Waals surface area contributed by atoms with Crippen LogP contribution in [0.15, 0.2) is 30.0 Å². The Balaban J connectivity index is 2.75. The SMILES string of the molecule is CCC/C=C(\CCC)CCc1ncccc1C(=O)NC. The second kappa shape index (κ2) is 9.29. The lowest BCUT2D eigenvalue weighted by Crippen LogP contribution is -2.20. The number of pyridine rings is 1. The molecule has 3 heteroatoms. The summed E-state index contributed by atoms with van der Waals surface area (Å²) >= 11 is 0. The molecule has 1 amide bonds. The average Bonchev–Trinajstić information content (AvgIpc) is 2.49. The molecule has 20 heavy (non-hydrogen) atoms. The van der Waals surface area contributed by atoms with Crippen LogP contribution in [0.5, 0.6) is 0 Å². The first kappa shape index (κ1) is 16.4. The van der Waals surface area contributed by atoms with Crippen LogP contribution in [-0.4, -0.2) is 17.9 Å². The van der Waals surface area contributed by atoms with E-state index in [1.165, 1.54) is 18.4 Å². The van der Waals surface area contributed by atoms with Crippen molar-refractivity contribution in [3.63, 3.8) is 0 Å². The Morgan fingerprint density at radius 1 is 1.30 bits per heavy atom. The standard InChI is InChI=1S/C17H26N2O/c1-4-6-9-14(8-5-2)11-12-16-15(17(20)18-3)10-7-13-19-16/h7,9-10,13H,4-6,8,11-12H2,1-3H3,(H,18,20)/b14-9+. The molecular weight excluding hydrogens is 248 g/mol. The zero-order valence-electron chi connectivity index (χ0n) is 12.9. The van der Waals surface area contributed by atoms with Crippen LogP contribution in [0.1, 0.15) is 62.0 Å². The smallest absolute Gasteiger partial charge is 0.252 e. The number of nitrogens with one attached hydrogen (secondary N) is 1. The molecule has 0 aliphatic heterocycles. The maximum atomic E-state index is 11.8. The van der Waals surface area contributed by atoms with E-state index in [4.69, 9.17) is 0 Å². The van der Waals surface area contributed by atoms with Gasteiger partial charge in [0.1, 0.15) is 0 Å². The molecule has 1 N–H and O–H groups in total. The molecule has 0 saturated heterocycles. The predicted octanol–water partition coefficient (Wildman–Crippen LogP) is 3.90. The molecule has 0 aromatic carbocycles. The third kappa shape index (κ3) is 5.16. The van der Waals surface area contributed by atoms with Crippen LogP contribution in [0.4, 0.5) is 0 Å². The third-order valence-corrected chi connectivity index (χ3v) is 3.34. The van der Waals surface area contributed by atoms with Crippen molar-refractivity contribution in [1.82, 2.24) is 10.3 Å². The van der Waals surface area contributed by atoms with Gasteiger partial charge in [0.05, 0.1) is 11.3 Å². The summed E-state index contributed by atoms with van der Waals surface area (Å²) in [5.74, 6) is -0.0531. The molecule has 0 aliphatic rings. The summed E-state index contributed by atoms with van der Waals surface area (Å²) < 4.78 is 0. The molecular formula is C17H26N2O. The van der Waals surface area contributed by atoms with Crippen LogP contribution in [0.25, 0.3) is 0 Å². The molecule has 0 radical (unpaired) electrons. The van der Waals surface area contributed by atoms with Gasteiger partial charge in [0.25, 0.3) is 5.91 Å². The number of hydrogen-bond acceptors (Lipinski definition) is 2. The summed E-state index contributed by atoms with van der Waals surface area (Å²) in [4.78, 5) is 16.2. The highest BCUT2D eigenvalue weighted by Gasteiger charge is 2.10. The zero-order valence-corrected chi connectivity index (χ0v) is 12.9. The summed E-state index contributed by atoms with van der Waals surface area (Å²) in [7, 11) is 1.66. The number of aromatic nitrogens is 1. The fourth-order valence-corrected chi connectivity index (χ4v) is 2.26. The van der Waals surface area contributed by atoms with Crippen molar-refractivity contribution in [2.45, 2.75) is 52.4 Å². The molecule has 0 atom stereocenters. The second-order valence-electron chi connectivity index (χ2n) is 4.98. The number of aryl methyl sites for hydroxylation is 1. The van der Waals surface area contributed by atoms with Gasteiger partial charge >= 0.3 is 0 Å². The molecule has 0 saturated carbocycles. The molecule has 0 spiro atoms. The van der Waals surface area contributed by atoms with Crippen LogP contribution in [0, 0.1) is 0 Å². The lowest BCUT2D eigenvalue weighted by atomic mass is 10.00. The summed E-state index contributed by atoms with van der Waals surface area (Å²) in [6, 6.07) is 3.66. The van der Waals surface area contributed by atoms with Crippen molar-refractivity contribution in [3.05, 3.63) is 41.2 Å². The topological polar surface area (TPSA) is 42.0 Å². The van der Waals surface area contributed by atoms with Crippen LogP contribution in [-0.2, 0) is 6.42 Å². The van der Waals surface area contributed by atoms with Crippen molar-refractivity contribution >= 4 is 5.91 Å². The summed E-state index contributed by atoms with van der Waals surface area (Å²) in [5, 5.41) is 2.68. The summed E-state index contributed by atoms with van der Waals surface area (Å²) in [6.07, 6.45) is 10.6. The van der Waals surface area contributed by atoms with E-state index in [1.807, 2.05) is 12.1 Å². The van der Waals surface area contributed by atoms with Gasteiger partial charge in [-0.3, -0.25) is 9.78 Å². The van der Waals surface area contributed by atoms with Crippen molar-refractivity contribution < 1.29 is 4.79 Å². The van der Waals surface area contributed by atoms with Gasteiger partial charge < -0.3 is 5.32 Å². The number of nitrogens with zero attached hydrogens (tertiary/aromatic N) is 1. The summed E-state index contributed by atoms with van der Waals surface area (Å²) in [5.41, 5.74) is 3.08. The van der Waals surface area contributed by atoms with Gasteiger partial charge in [-0.1, -0.05) is 38.3 Å². The third-order valence-electron chi connectivity index (χ3n) is 3.34. The molecule has 1 rings (SSSR count). The van der Waals surface area contributed by atoms with E-state index >= 15 is 0 Å². The number of allylic oxidation sites excluding steroid dienone is 2. The quantitative estimate of drug-likeness (QED) is 0.730. The van der Waals surface area contributed by atoms with Gasteiger partial charge in [-0.05, 0) is 37.8 Å². The highest BCUT2D eigenvalue weighted by atomic mass is 16.1. The minimum Gasteiger partial charge on any atom is -0.355 e. The van der Waals surface area contributed by atoms with Gasteiger partial charge in [0.2, 0.25) is 0 Å². The monoisotopic (exact) mass is 274 g/mol. The van der Waals surface area contributed by atoms with E-state index in [-0.39, 0.29) is 5.91 Å². The minimum atomic E-state index is -0.0531. The van der Waals surface area contributed by atoms with Crippen molar-refractivity contribution in [2.24, 2.45) is 0 Å². The van der Waals surface area contributed by atoms with Crippen LogP contribution >= 0.6 is 0 Å². The van der Waals surface area contributed by atoms with Crippen molar-refractivity contribution in [2.75, 3.05) is 7.05 Å². The van der Waals surface area contributed by atoms with E-state index in [2.05, 4.69) is 30.2 Å². The largest absolute Gasteiger partial charge is 0.355 e. The fraction of sp³-hybridized carbons (Fsp3) is 0.529. The Kier molecular flexibility index (Phi) is 7.63. The molecule has 0 unspecified atom stereocenters. The van der Waals surface area contributed by atoms with Crippen molar-refractivity contribution in [3.8, 4) is 0 Å². The first-order chi connectivity index (χ1) is 9.72. The van der Waals surface area contributed by atoms with E-state index < -0.39 is 0 Å². The van der Waals surface area contributed by atoms with E-state index in [0.717, 1.165) is 31.4 Å². The molecule has 1 heterocycles. The number of hydrogen-bond donors (Lipinski definition) is 1. The average molecular weight is 274 g/mol. The first-order valence-electron chi connectivity index (χ1n) is 7.56. The van der Waals surface area contributed by atoms with E-state index in [1.54, 1.807) is 13.2 Å². The maximum absolute atomic E-state index is 11.8. The Bertz CT molecular complexity index is 452. The molecule has 110 valence electrons. The van der Waals surface area contributed by atoms with E-state index in [9.17, 15) is 4.79 Å². The Morgan fingerprint density at radius 2 is 2.10 bits per heavy atom. The molecule has 0 bridgehead atoms. The van der Waals surface area contributed by atoms with Gasteiger partial charge in [0, 0.05) is 13.2 Å². The Hall–Kier alpha value is -1.64. The lowest BCUT2D eigenvalue weighted by molar-refractivity contribution is 0.0961. The second-order valence-corrected chi connectivity index (χ2v) is 4.98. The first-order valence-corrected chi connectivity index (χ1v) is 7.56. The highest BCUT2D eigenvalue weighted by molar-refractivity contribution is 5.94. The minimum absolute atomic E-state index is 0.0531.